The number of aromatic nitrogens is 1. The lowest BCUT2D eigenvalue weighted by Crippen LogP contribution is -2.20. The lowest BCUT2D eigenvalue weighted by molar-refractivity contribution is 0.0697. The number of nitrogens with one attached hydrogen (secondary N) is 1. The number of pyridine rings is 1. The molecule has 3 N–H and O–H groups in total. The molecule has 88 valence electrons. The van der Waals surface area contributed by atoms with Gasteiger partial charge in [-0.3, -0.25) is 4.98 Å². The van der Waals surface area contributed by atoms with Gasteiger partial charge in [-0.25, -0.2) is 4.79 Å². The third kappa shape index (κ3) is 3.51. The molecule has 1 aromatic rings. The first-order chi connectivity index (χ1) is 7.65. The SMILES string of the molecule is CCCC(O)CNc1cnccc1C(=O)O. The number of nitrogens with zero attached hydrogens (tertiary/aromatic N) is 1. The van der Waals surface area contributed by atoms with Gasteiger partial charge in [0, 0.05) is 12.7 Å². The Balaban J connectivity index is 2.63. The molecular formula is C11H16N2O3. The second-order valence-corrected chi connectivity index (χ2v) is 3.55. The number of hydrogen-bond donors (Lipinski definition) is 3. The van der Waals surface area contributed by atoms with Crippen LogP contribution in [0.4, 0.5) is 5.69 Å². The molecular weight excluding hydrogens is 208 g/mol. The van der Waals surface area contributed by atoms with Crippen molar-refractivity contribution in [3.8, 4) is 0 Å². The van der Waals surface area contributed by atoms with Crippen molar-refractivity contribution in [3.63, 3.8) is 0 Å². The molecule has 0 bridgehead atoms. The van der Waals surface area contributed by atoms with Gasteiger partial charge in [0.15, 0.2) is 0 Å². The molecule has 0 spiro atoms. The zero-order valence-electron chi connectivity index (χ0n) is 9.18. The van der Waals surface area contributed by atoms with Gasteiger partial charge in [-0.05, 0) is 12.5 Å². The molecule has 0 aliphatic heterocycles. The van der Waals surface area contributed by atoms with E-state index in [1.165, 1.54) is 18.5 Å². The topological polar surface area (TPSA) is 82.5 Å². The minimum atomic E-state index is -1.00. The second-order valence-electron chi connectivity index (χ2n) is 3.55. The van der Waals surface area contributed by atoms with Crippen molar-refractivity contribution in [1.29, 1.82) is 0 Å². The van der Waals surface area contributed by atoms with E-state index in [0.717, 1.165) is 6.42 Å². The lowest BCUT2D eigenvalue weighted by Gasteiger charge is -2.12. The maximum Gasteiger partial charge on any atom is 0.337 e. The summed E-state index contributed by atoms with van der Waals surface area (Å²) >= 11 is 0. The molecule has 0 aromatic carbocycles. The molecule has 5 heteroatoms. The first kappa shape index (κ1) is 12.4. The molecule has 0 aliphatic rings. The first-order valence-electron chi connectivity index (χ1n) is 5.24. The number of carboxylic acids is 1. The fraction of sp³-hybridized carbons (Fsp3) is 0.455. The Kier molecular flexibility index (Phi) is 4.72. The summed E-state index contributed by atoms with van der Waals surface area (Å²) in [5.41, 5.74) is 0.601. The van der Waals surface area contributed by atoms with Crippen molar-refractivity contribution in [1.82, 2.24) is 4.98 Å². The Bertz CT molecular complexity index is 355. The Hall–Kier alpha value is -1.62. The summed E-state index contributed by atoms with van der Waals surface area (Å²) in [6.07, 6.45) is 3.99. The number of anilines is 1. The molecule has 1 aromatic heterocycles. The molecule has 5 nitrogen and oxygen atoms in total. The van der Waals surface area contributed by atoms with Gasteiger partial charge in [-0.1, -0.05) is 13.3 Å². The van der Waals surface area contributed by atoms with Crippen molar-refractivity contribution in [2.45, 2.75) is 25.9 Å². The van der Waals surface area contributed by atoms with Gasteiger partial charge in [0.25, 0.3) is 0 Å². The first-order valence-corrected chi connectivity index (χ1v) is 5.24. The normalized spacial score (nSPS) is 12.1. The summed E-state index contributed by atoms with van der Waals surface area (Å²) in [6.45, 7) is 2.32. The summed E-state index contributed by atoms with van der Waals surface area (Å²) in [7, 11) is 0. The maximum atomic E-state index is 10.9. The van der Waals surface area contributed by atoms with Gasteiger partial charge in [0.05, 0.1) is 23.6 Å². The van der Waals surface area contributed by atoms with E-state index in [2.05, 4.69) is 10.3 Å². The quantitative estimate of drug-likeness (QED) is 0.679. The molecule has 1 rings (SSSR count). The summed E-state index contributed by atoms with van der Waals surface area (Å²) in [5.74, 6) is -1.00. The minimum Gasteiger partial charge on any atom is -0.478 e. The van der Waals surface area contributed by atoms with Crippen LogP contribution in [-0.2, 0) is 0 Å². The van der Waals surface area contributed by atoms with Crippen LogP contribution in [0, 0.1) is 0 Å². The van der Waals surface area contributed by atoms with E-state index in [-0.39, 0.29) is 5.56 Å². The summed E-state index contributed by atoms with van der Waals surface area (Å²) < 4.78 is 0. The number of carboxylic acid groups (broad SMARTS) is 1. The zero-order chi connectivity index (χ0) is 12.0. The Labute approximate surface area is 94.1 Å². The van der Waals surface area contributed by atoms with Gasteiger partial charge in [-0.2, -0.15) is 0 Å². The number of rotatable bonds is 6. The van der Waals surface area contributed by atoms with Gasteiger partial charge in [-0.15, -0.1) is 0 Å². The van der Waals surface area contributed by atoms with E-state index in [1.807, 2.05) is 6.92 Å². The third-order valence-corrected chi connectivity index (χ3v) is 2.20. The molecule has 0 saturated carbocycles. The summed E-state index contributed by atoms with van der Waals surface area (Å²) in [4.78, 5) is 14.7. The third-order valence-electron chi connectivity index (χ3n) is 2.20. The van der Waals surface area contributed by atoms with Gasteiger partial charge >= 0.3 is 5.97 Å². The zero-order valence-corrected chi connectivity index (χ0v) is 9.18. The highest BCUT2D eigenvalue weighted by Gasteiger charge is 2.10. The van der Waals surface area contributed by atoms with Crippen LogP contribution in [0.1, 0.15) is 30.1 Å². The molecule has 0 amide bonds. The van der Waals surface area contributed by atoms with Crippen molar-refractivity contribution in [2.24, 2.45) is 0 Å². The average molecular weight is 224 g/mol. The van der Waals surface area contributed by atoms with Crippen LogP contribution in [0.3, 0.4) is 0 Å². The largest absolute Gasteiger partial charge is 0.478 e. The molecule has 1 unspecified atom stereocenters. The maximum absolute atomic E-state index is 10.9. The minimum absolute atomic E-state index is 0.165. The predicted octanol–water partition coefficient (Wildman–Crippen LogP) is 1.35. The summed E-state index contributed by atoms with van der Waals surface area (Å²) in [6, 6.07) is 1.43. The summed E-state index contributed by atoms with van der Waals surface area (Å²) in [5, 5.41) is 21.3. The van der Waals surface area contributed by atoms with Crippen molar-refractivity contribution >= 4 is 11.7 Å². The van der Waals surface area contributed by atoms with Crippen molar-refractivity contribution in [3.05, 3.63) is 24.0 Å². The highest BCUT2D eigenvalue weighted by atomic mass is 16.4. The molecule has 1 atom stereocenters. The highest BCUT2D eigenvalue weighted by Crippen LogP contribution is 2.13. The molecule has 0 radical (unpaired) electrons. The number of aliphatic hydroxyl groups is 1. The standard InChI is InChI=1S/C11H16N2O3/c1-2-3-8(14)6-13-10-7-12-5-4-9(10)11(15)16/h4-5,7-8,13-14H,2-3,6H2,1H3,(H,15,16). The van der Waals surface area contributed by atoms with E-state index >= 15 is 0 Å². The van der Waals surface area contributed by atoms with Gasteiger partial charge in [0.2, 0.25) is 0 Å². The molecule has 0 aliphatic carbocycles. The fourth-order valence-corrected chi connectivity index (χ4v) is 1.38. The van der Waals surface area contributed by atoms with Crippen LogP contribution in [-0.4, -0.2) is 33.8 Å². The number of carbonyl (C=O) groups is 1. The smallest absolute Gasteiger partial charge is 0.337 e. The molecule has 1 heterocycles. The monoisotopic (exact) mass is 224 g/mol. The van der Waals surface area contributed by atoms with E-state index in [1.54, 1.807) is 0 Å². The Morgan fingerprint density at radius 2 is 2.38 bits per heavy atom. The van der Waals surface area contributed by atoms with Crippen molar-refractivity contribution in [2.75, 3.05) is 11.9 Å². The number of hydrogen-bond acceptors (Lipinski definition) is 4. The molecule has 0 saturated heterocycles. The van der Waals surface area contributed by atoms with E-state index in [4.69, 9.17) is 5.11 Å². The Morgan fingerprint density at radius 1 is 1.62 bits per heavy atom. The van der Waals surface area contributed by atoms with Crippen LogP contribution >= 0.6 is 0 Å². The fourth-order valence-electron chi connectivity index (χ4n) is 1.38. The molecule has 0 fully saturated rings. The average Bonchev–Trinajstić information content (AvgIpc) is 2.27. The van der Waals surface area contributed by atoms with Crippen LogP contribution in [0.15, 0.2) is 18.5 Å². The number of aliphatic hydroxyl groups excluding tert-OH is 1. The van der Waals surface area contributed by atoms with E-state index in [0.29, 0.717) is 18.7 Å². The van der Waals surface area contributed by atoms with Gasteiger partial charge < -0.3 is 15.5 Å². The van der Waals surface area contributed by atoms with Gasteiger partial charge in [0.1, 0.15) is 0 Å². The predicted molar refractivity (Wildman–Crippen MR) is 60.6 cm³/mol. The lowest BCUT2D eigenvalue weighted by atomic mass is 10.2. The van der Waals surface area contributed by atoms with E-state index in [9.17, 15) is 9.90 Å². The molecule has 16 heavy (non-hydrogen) atoms. The van der Waals surface area contributed by atoms with Crippen LogP contribution < -0.4 is 5.32 Å². The van der Waals surface area contributed by atoms with Crippen LogP contribution in [0.5, 0.6) is 0 Å². The van der Waals surface area contributed by atoms with Crippen LogP contribution in [0.25, 0.3) is 0 Å². The Morgan fingerprint density at radius 3 is 3.00 bits per heavy atom. The van der Waals surface area contributed by atoms with Crippen LogP contribution in [0.2, 0.25) is 0 Å². The second kappa shape index (κ2) is 6.07. The number of aromatic carboxylic acids is 1. The van der Waals surface area contributed by atoms with Crippen molar-refractivity contribution < 1.29 is 15.0 Å². The highest BCUT2D eigenvalue weighted by molar-refractivity contribution is 5.93. The van der Waals surface area contributed by atoms with E-state index < -0.39 is 12.1 Å².